The maximum atomic E-state index is 13.5. The fourth-order valence-electron chi connectivity index (χ4n) is 4.86. The van der Waals surface area contributed by atoms with E-state index >= 15 is 0 Å². The lowest BCUT2D eigenvalue weighted by molar-refractivity contribution is -0.289. The molecule has 4 aromatic rings. The van der Waals surface area contributed by atoms with Gasteiger partial charge in [-0.1, -0.05) is 120 Å². The Labute approximate surface area is 297 Å². The minimum atomic E-state index is -2.33. The molecule has 49 heavy (non-hydrogen) atoms. The Morgan fingerprint density at radius 3 is 1.55 bits per heavy atom. The van der Waals surface area contributed by atoms with E-state index in [0.717, 1.165) is 5.56 Å². The molecule has 5 rings (SSSR count). The van der Waals surface area contributed by atoms with Gasteiger partial charge in [-0.3, -0.25) is 5.41 Å². The van der Waals surface area contributed by atoms with Gasteiger partial charge in [-0.15, -0.1) is 0 Å². The Balaban J connectivity index is 1.54. The van der Waals surface area contributed by atoms with Crippen molar-refractivity contribution in [2.24, 2.45) is 0 Å². The van der Waals surface area contributed by atoms with Crippen molar-refractivity contribution in [3.8, 4) is 0 Å². The third-order valence-electron chi connectivity index (χ3n) is 7.26. The number of hydrogen-bond acceptors (Lipinski definition) is 10. The van der Waals surface area contributed by atoms with Crippen LogP contribution in [0.15, 0.2) is 121 Å². The molecule has 5 atom stereocenters. The summed E-state index contributed by atoms with van der Waals surface area (Å²) in [5.74, 6) is -3.12. The van der Waals surface area contributed by atoms with Crippen molar-refractivity contribution in [1.29, 1.82) is 5.41 Å². The largest absolute Gasteiger partial charge is 0.459 e. The second kappa shape index (κ2) is 16.8. The van der Waals surface area contributed by atoms with E-state index in [-0.39, 0.29) is 23.3 Å². The monoisotopic (exact) mass is 725 g/mol. The van der Waals surface area contributed by atoms with Crippen LogP contribution in [0.25, 0.3) is 0 Å². The van der Waals surface area contributed by atoms with E-state index in [0.29, 0.717) is 0 Å². The highest BCUT2D eigenvalue weighted by atomic mass is 35.6. The van der Waals surface area contributed by atoms with Gasteiger partial charge in [0, 0.05) is 0 Å². The number of hydrogen-bond donors (Lipinski definition) is 1. The minimum absolute atomic E-state index is 0.0462. The number of alkyl halides is 3. The van der Waals surface area contributed by atoms with Crippen LogP contribution in [0.1, 0.15) is 36.6 Å². The molecule has 0 spiro atoms. The standard InChI is InChI=1S/C36H30Cl3NO9/c37-36(38,39)35(40)49-34-30(48-33(43)26-19-11-4-12-20-26)29(44-21-23-13-5-1-6-14-23)28(47-32(42)25-17-9-3-10-18-25)27(46-34)22-45-31(41)24-15-7-2-8-16-24/h1-20,27-30,34,40H,21-22H2/t27-,28-,29+,30-,34-/m1/s1. The first-order valence-electron chi connectivity index (χ1n) is 15.0. The van der Waals surface area contributed by atoms with Crippen LogP contribution < -0.4 is 0 Å². The van der Waals surface area contributed by atoms with E-state index in [1.807, 2.05) is 18.2 Å². The normalized spacial score (nSPS) is 20.4. The van der Waals surface area contributed by atoms with Gasteiger partial charge in [0.05, 0.1) is 23.3 Å². The first-order valence-corrected chi connectivity index (χ1v) is 16.1. The fraction of sp³-hybridized carbons (Fsp3) is 0.222. The second-order valence-corrected chi connectivity index (χ2v) is 13.0. The van der Waals surface area contributed by atoms with E-state index in [4.69, 9.17) is 68.6 Å². The van der Waals surface area contributed by atoms with E-state index in [1.165, 1.54) is 12.1 Å². The number of benzene rings is 4. The molecule has 0 aromatic heterocycles. The number of carbonyl (C=O) groups excluding carboxylic acids is 3. The summed E-state index contributed by atoms with van der Waals surface area (Å²) in [6, 6.07) is 33.5. The number of ether oxygens (including phenoxy) is 6. The molecule has 1 heterocycles. The smallest absolute Gasteiger partial charge is 0.338 e. The van der Waals surface area contributed by atoms with Gasteiger partial charge in [0.15, 0.2) is 12.2 Å². The van der Waals surface area contributed by atoms with Crippen molar-refractivity contribution < 1.29 is 42.8 Å². The summed E-state index contributed by atoms with van der Waals surface area (Å²) >= 11 is 17.9. The molecule has 0 bridgehead atoms. The highest BCUT2D eigenvalue weighted by Crippen LogP contribution is 2.35. The number of halogens is 3. The summed E-state index contributed by atoms with van der Waals surface area (Å²) in [6.45, 7) is -0.526. The molecule has 1 aliphatic rings. The van der Waals surface area contributed by atoms with Gasteiger partial charge in [-0.05, 0) is 42.0 Å². The summed E-state index contributed by atoms with van der Waals surface area (Å²) in [7, 11) is 0. The molecular weight excluding hydrogens is 697 g/mol. The lowest BCUT2D eigenvalue weighted by atomic mass is 9.97. The van der Waals surface area contributed by atoms with E-state index in [1.54, 1.807) is 91.0 Å². The van der Waals surface area contributed by atoms with Crippen LogP contribution >= 0.6 is 34.8 Å². The molecule has 0 radical (unpaired) electrons. The van der Waals surface area contributed by atoms with Crippen LogP contribution in [-0.2, 0) is 35.0 Å². The first kappa shape index (κ1) is 35.8. The van der Waals surface area contributed by atoms with Crippen LogP contribution in [0.4, 0.5) is 0 Å². The zero-order chi connectivity index (χ0) is 34.8. The molecular formula is C36H30Cl3NO9. The van der Waals surface area contributed by atoms with Gasteiger partial charge in [0.1, 0.15) is 18.8 Å². The third kappa shape index (κ3) is 9.81. The van der Waals surface area contributed by atoms with Crippen molar-refractivity contribution in [1.82, 2.24) is 0 Å². The van der Waals surface area contributed by atoms with Gasteiger partial charge in [0.2, 0.25) is 12.2 Å². The van der Waals surface area contributed by atoms with Gasteiger partial charge >= 0.3 is 17.9 Å². The Bertz CT molecular complexity index is 1710. The Morgan fingerprint density at radius 1 is 0.612 bits per heavy atom. The molecule has 10 nitrogen and oxygen atoms in total. The molecule has 13 heteroatoms. The van der Waals surface area contributed by atoms with Gasteiger partial charge < -0.3 is 28.4 Å². The van der Waals surface area contributed by atoms with Crippen LogP contribution in [0.3, 0.4) is 0 Å². The van der Waals surface area contributed by atoms with Crippen molar-refractivity contribution in [3.63, 3.8) is 0 Å². The maximum absolute atomic E-state index is 13.5. The number of carbonyl (C=O) groups is 3. The van der Waals surface area contributed by atoms with Crippen molar-refractivity contribution >= 4 is 58.6 Å². The topological polar surface area (TPSA) is 130 Å². The van der Waals surface area contributed by atoms with Crippen molar-refractivity contribution in [3.05, 3.63) is 144 Å². The molecule has 254 valence electrons. The summed E-state index contributed by atoms with van der Waals surface area (Å²) < 4.78 is 33.4. The molecule has 0 saturated carbocycles. The maximum Gasteiger partial charge on any atom is 0.338 e. The zero-order valence-corrected chi connectivity index (χ0v) is 27.9. The van der Waals surface area contributed by atoms with Gasteiger partial charge in [-0.2, -0.15) is 0 Å². The molecule has 4 aromatic carbocycles. The predicted molar refractivity (Wildman–Crippen MR) is 181 cm³/mol. The van der Waals surface area contributed by atoms with Crippen molar-refractivity contribution in [2.45, 2.75) is 41.1 Å². The number of rotatable bonds is 11. The van der Waals surface area contributed by atoms with Gasteiger partial charge in [0.25, 0.3) is 3.79 Å². The molecule has 1 N–H and O–H groups in total. The molecule has 1 fully saturated rings. The van der Waals surface area contributed by atoms with Crippen LogP contribution in [0.2, 0.25) is 0 Å². The SMILES string of the molecule is N=C(O[C@H]1O[C@H](COC(=O)c2ccccc2)[C@@H](OC(=O)c2ccccc2)[C@H](OCc2ccccc2)[C@H]1OC(=O)c1ccccc1)C(Cl)(Cl)Cl. The minimum Gasteiger partial charge on any atom is -0.459 e. The summed E-state index contributed by atoms with van der Waals surface area (Å²) in [5, 5.41) is 8.29. The molecule has 0 unspecified atom stereocenters. The second-order valence-electron chi connectivity index (χ2n) is 10.7. The first-order chi connectivity index (χ1) is 23.6. The Hall–Kier alpha value is -4.45. The molecule has 1 saturated heterocycles. The van der Waals surface area contributed by atoms with Gasteiger partial charge in [-0.25, -0.2) is 14.4 Å². The van der Waals surface area contributed by atoms with E-state index in [2.05, 4.69) is 0 Å². The highest BCUT2D eigenvalue weighted by molar-refractivity contribution is 6.76. The summed E-state index contributed by atoms with van der Waals surface area (Å²) in [5.41, 5.74) is 1.37. The lowest BCUT2D eigenvalue weighted by Crippen LogP contribution is -2.63. The molecule has 0 amide bonds. The lowest BCUT2D eigenvalue weighted by Gasteiger charge is -2.44. The molecule has 0 aliphatic carbocycles. The predicted octanol–water partition coefficient (Wildman–Crippen LogP) is 6.97. The Morgan fingerprint density at radius 2 is 1.06 bits per heavy atom. The van der Waals surface area contributed by atoms with Crippen LogP contribution in [-0.4, -0.2) is 64.9 Å². The summed E-state index contributed by atoms with van der Waals surface area (Å²) in [4.78, 5) is 40.0. The van der Waals surface area contributed by atoms with Crippen LogP contribution in [0.5, 0.6) is 0 Å². The Kier molecular flexibility index (Phi) is 12.3. The number of esters is 3. The number of nitrogens with one attached hydrogen (secondary N) is 1. The van der Waals surface area contributed by atoms with Crippen LogP contribution in [0, 0.1) is 5.41 Å². The average Bonchev–Trinajstić information content (AvgIpc) is 3.12. The van der Waals surface area contributed by atoms with E-state index < -0.39 is 64.9 Å². The van der Waals surface area contributed by atoms with E-state index in [9.17, 15) is 14.4 Å². The fourth-order valence-corrected chi connectivity index (χ4v) is 5.00. The highest BCUT2D eigenvalue weighted by Gasteiger charge is 2.53. The quantitative estimate of drug-likeness (QED) is 0.0573. The summed E-state index contributed by atoms with van der Waals surface area (Å²) in [6.07, 6.45) is -7.17. The third-order valence-corrected chi connectivity index (χ3v) is 7.78. The zero-order valence-electron chi connectivity index (χ0n) is 25.7. The molecule has 1 aliphatic heterocycles. The average molecular weight is 727 g/mol. The van der Waals surface area contributed by atoms with Crippen molar-refractivity contribution in [2.75, 3.05) is 6.61 Å².